The van der Waals surface area contributed by atoms with Crippen LogP contribution in [-0.2, 0) is 11.3 Å². The molecule has 0 spiro atoms. The lowest BCUT2D eigenvalue weighted by molar-refractivity contribution is -0.125. The Morgan fingerprint density at radius 3 is 2.88 bits per heavy atom. The summed E-state index contributed by atoms with van der Waals surface area (Å²) in [4.78, 5) is 31.5. The zero-order valence-corrected chi connectivity index (χ0v) is 14.2. The first-order valence-electron chi connectivity index (χ1n) is 8.69. The molecule has 1 saturated heterocycles. The second-order valence-electron chi connectivity index (χ2n) is 6.34. The molecule has 1 N–H and O–H groups in total. The number of amides is 2. The number of hydrogen-bond donors (Lipinski definition) is 1. The summed E-state index contributed by atoms with van der Waals surface area (Å²) in [5, 5.41) is 3.83. The van der Waals surface area contributed by atoms with E-state index in [4.69, 9.17) is 4.42 Å². The number of para-hydroxylation sites is 1. The predicted octanol–water partition coefficient (Wildman–Crippen LogP) is 2.75. The fourth-order valence-electron chi connectivity index (χ4n) is 3.32. The third kappa shape index (κ3) is 3.18. The van der Waals surface area contributed by atoms with Crippen LogP contribution in [0.2, 0.25) is 0 Å². The summed E-state index contributed by atoms with van der Waals surface area (Å²) < 4.78 is 5.23. The molecule has 26 heavy (non-hydrogen) atoms. The maximum atomic E-state index is 12.9. The quantitative estimate of drug-likeness (QED) is 0.786. The standard InChI is InChI=1S/C20H19N3O3/c24-19(21-13-15-6-4-12-26-15)18-8-3-11-23(18)20(25)17-10-9-14-5-1-2-7-16(14)22-17/h1-2,4-7,9-10,12,18H,3,8,11,13H2,(H,21,24). The molecule has 4 rings (SSSR count). The first kappa shape index (κ1) is 16.3. The predicted molar refractivity (Wildman–Crippen MR) is 96.4 cm³/mol. The van der Waals surface area contributed by atoms with Crippen LogP contribution in [0.1, 0.15) is 29.1 Å². The monoisotopic (exact) mass is 349 g/mol. The summed E-state index contributed by atoms with van der Waals surface area (Å²) in [7, 11) is 0. The second kappa shape index (κ2) is 7.00. The van der Waals surface area contributed by atoms with Gasteiger partial charge >= 0.3 is 0 Å². The van der Waals surface area contributed by atoms with E-state index >= 15 is 0 Å². The van der Waals surface area contributed by atoms with Crippen LogP contribution >= 0.6 is 0 Å². The molecule has 2 aromatic heterocycles. The van der Waals surface area contributed by atoms with Crippen LogP contribution < -0.4 is 5.32 Å². The minimum Gasteiger partial charge on any atom is -0.467 e. The van der Waals surface area contributed by atoms with E-state index in [9.17, 15) is 9.59 Å². The number of benzene rings is 1. The zero-order chi connectivity index (χ0) is 17.9. The van der Waals surface area contributed by atoms with Crippen molar-refractivity contribution in [3.63, 3.8) is 0 Å². The molecular formula is C20H19N3O3. The molecule has 6 heteroatoms. The number of rotatable bonds is 4. The number of pyridine rings is 1. The number of aromatic nitrogens is 1. The molecule has 3 heterocycles. The smallest absolute Gasteiger partial charge is 0.273 e. The summed E-state index contributed by atoms with van der Waals surface area (Å²) in [5.74, 6) is 0.324. The summed E-state index contributed by atoms with van der Waals surface area (Å²) >= 11 is 0. The van der Waals surface area contributed by atoms with E-state index in [1.807, 2.05) is 30.3 Å². The third-order valence-electron chi connectivity index (χ3n) is 4.65. The minimum absolute atomic E-state index is 0.159. The molecule has 1 fully saturated rings. The Morgan fingerprint density at radius 1 is 1.15 bits per heavy atom. The number of fused-ring (bicyclic) bond motifs is 1. The summed E-state index contributed by atoms with van der Waals surface area (Å²) in [5.41, 5.74) is 1.14. The minimum atomic E-state index is -0.467. The maximum absolute atomic E-state index is 12.9. The van der Waals surface area contributed by atoms with E-state index in [-0.39, 0.29) is 11.8 Å². The molecule has 6 nitrogen and oxygen atoms in total. The van der Waals surface area contributed by atoms with Gasteiger partial charge in [-0.05, 0) is 37.1 Å². The molecule has 1 aromatic carbocycles. The van der Waals surface area contributed by atoms with Crippen molar-refractivity contribution >= 4 is 22.7 Å². The van der Waals surface area contributed by atoms with Crippen molar-refractivity contribution in [2.45, 2.75) is 25.4 Å². The van der Waals surface area contributed by atoms with E-state index in [1.165, 1.54) is 0 Å². The van der Waals surface area contributed by atoms with Crippen LogP contribution in [0.4, 0.5) is 0 Å². The number of carbonyl (C=O) groups is 2. The van der Waals surface area contributed by atoms with Gasteiger partial charge in [-0.1, -0.05) is 24.3 Å². The van der Waals surface area contributed by atoms with Crippen molar-refractivity contribution in [1.82, 2.24) is 15.2 Å². The Kier molecular flexibility index (Phi) is 4.39. The average molecular weight is 349 g/mol. The molecule has 132 valence electrons. The van der Waals surface area contributed by atoms with Gasteiger partial charge in [-0.15, -0.1) is 0 Å². The highest BCUT2D eigenvalue weighted by molar-refractivity contribution is 5.98. The number of likely N-dealkylation sites (tertiary alicyclic amines) is 1. The van der Waals surface area contributed by atoms with Crippen LogP contribution in [0.5, 0.6) is 0 Å². The first-order valence-corrected chi connectivity index (χ1v) is 8.69. The molecule has 0 bridgehead atoms. The topological polar surface area (TPSA) is 75.4 Å². The van der Waals surface area contributed by atoms with Crippen molar-refractivity contribution in [2.24, 2.45) is 0 Å². The van der Waals surface area contributed by atoms with Gasteiger partial charge in [-0.3, -0.25) is 9.59 Å². The highest BCUT2D eigenvalue weighted by atomic mass is 16.3. The number of carbonyl (C=O) groups excluding carboxylic acids is 2. The van der Waals surface area contributed by atoms with Gasteiger partial charge in [0, 0.05) is 11.9 Å². The lowest BCUT2D eigenvalue weighted by Crippen LogP contribution is -2.45. The Balaban J connectivity index is 1.49. The number of nitrogens with zero attached hydrogens (tertiary/aromatic N) is 2. The normalized spacial score (nSPS) is 16.8. The van der Waals surface area contributed by atoms with Crippen molar-refractivity contribution in [2.75, 3.05) is 6.54 Å². The Hall–Kier alpha value is -3.15. The highest BCUT2D eigenvalue weighted by Crippen LogP contribution is 2.21. The Labute approximate surface area is 150 Å². The van der Waals surface area contributed by atoms with Crippen LogP contribution in [0.15, 0.2) is 59.2 Å². The van der Waals surface area contributed by atoms with Crippen molar-refractivity contribution in [3.8, 4) is 0 Å². The highest BCUT2D eigenvalue weighted by Gasteiger charge is 2.35. The third-order valence-corrected chi connectivity index (χ3v) is 4.65. The van der Waals surface area contributed by atoms with Gasteiger partial charge in [0.05, 0.1) is 18.3 Å². The van der Waals surface area contributed by atoms with E-state index in [2.05, 4.69) is 10.3 Å². The molecule has 3 aromatic rings. The summed E-state index contributed by atoms with van der Waals surface area (Å²) in [6.07, 6.45) is 3.03. The number of furan rings is 1. The molecule has 0 saturated carbocycles. The molecule has 1 aliphatic rings. The molecule has 1 unspecified atom stereocenters. The maximum Gasteiger partial charge on any atom is 0.273 e. The van der Waals surface area contributed by atoms with Gasteiger partial charge in [0.2, 0.25) is 5.91 Å². The van der Waals surface area contributed by atoms with E-state index < -0.39 is 6.04 Å². The lowest BCUT2D eigenvalue weighted by atomic mass is 10.1. The summed E-state index contributed by atoms with van der Waals surface area (Å²) in [6.45, 7) is 0.880. The Bertz CT molecular complexity index is 936. The van der Waals surface area contributed by atoms with Gasteiger partial charge in [0.15, 0.2) is 0 Å². The van der Waals surface area contributed by atoms with Gasteiger partial charge in [0.1, 0.15) is 17.5 Å². The Morgan fingerprint density at radius 2 is 2.04 bits per heavy atom. The molecule has 1 aliphatic heterocycles. The fourth-order valence-corrected chi connectivity index (χ4v) is 3.32. The van der Waals surface area contributed by atoms with Gasteiger partial charge < -0.3 is 14.6 Å². The van der Waals surface area contributed by atoms with Crippen molar-refractivity contribution < 1.29 is 14.0 Å². The number of nitrogens with one attached hydrogen (secondary N) is 1. The van der Waals surface area contributed by atoms with Gasteiger partial charge in [0.25, 0.3) is 5.91 Å². The lowest BCUT2D eigenvalue weighted by Gasteiger charge is -2.23. The molecule has 0 aliphatic carbocycles. The summed E-state index contributed by atoms with van der Waals surface area (Å²) in [6, 6.07) is 14.4. The largest absolute Gasteiger partial charge is 0.467 e. The van der Waals surface area contributed by atoms with Crippen LogP contribution in [0, 0.1) is 0 Å². The average Bonchev–Trinajstić information content (AvgIpc) is 3.37. The van der Waals surface area contributed by atoms with Crippen LogP contribution in [0.25, 0.3) is 10.9 Å². The first-order chi connectivity index (χ1) is 12.7. The SMILES string of the molecule is O=C(NCc1ccco1)C1CCCN1C(=O)c1ccc2ccccc2n1. The molecule has 0 radical (unpaired) electrons. The van der Waals surface area contributed by atoms with Gasteiger partial charge in [-0.2, -0.15) is 0 Å². The van der Waals surface area contributed by atoms with Gasteiger partial charge in [-0.25, -0.2) is 4.98 Å². The van der Waals surface area contributed by atoms with Crippen molar-refractivity contribution in [3.05, 3.63) is 66.2 Å². The zero-order valence-electron chi connectivity index (χ0n) is 14.2. The second-order valence-corrected chi connectivity index (χ2v) is 6.34. The fraction of sp³-hybridized carbons (Fsp3) is 0.250. The molecule has 2 amide bonds. The van der Waals surface area contributed by atoms with Crippen molar-refractivity contribution in [1.29, 1.82) is 0 Å². The molecule has 1 atom stereocenters. The van der Waals surface area contributed by atoms with Crippen LogP contribution in [0.3, 0.4) is 0 Å². The van der Waals surface area contributed by atoms with Crippen LogP contribution in [-0.4, -0.2) is 34.3 Å². The van der Waals surface area contributed by atoms with E-state index in [0.717, 1.165) is 17.3 Å². The molecular weight excluding hydrogens is 330 g/mol. The van der Waals surface area contributed by atoms with E-state index in [0.29, 0.717) is 31.0 Å². The van der Waals surface area contributed by atoms with E-state index in [1.54, 1.807) is 29.4 Å². The number of hydrogen-bond acceptors (Lipinski definition) is 4.